The van der Waals surface area contributed by atoms with Crippen molar-refractivity contribution < 1.29 is 9.59 Å². The third kappa shape index (κ3) is 5.12. The molecular weight excluding hydrogens is 426 g/mol. The van der Waals surface area contributed by atoms with Gasteiger partial charge in [-0.25, -0.2) is 5.43 Å². The first-order chi connectivity index (χ1) is 13.0. The molecule has 0 fully saturated rings. The first-order valence-electron chi connectivity index (χ1n) is 8.08. The van der Waals surface area contributed by atoms with Gasteiger partial charge in [-0.3, -0.25) is 9.59 Å². The number of amides is 2. The minimum absolute atomic E-state index is 0.134. The highest BCUT2D eigenvalue weighted by atomic mass is 79.9. The molecule has 0 spiro atoms. The van der Waals surface area contributed by atoms with Crippen LogP contribution in [0.3, 0.4) is 0 Å². The average Bonchev–Trinajstić information content (AvgIpc) is 3.22. The molecule has 2 aromatic carbocycles. The summed E-state index contributed by atoms with van der Waals surface area (Å²) in [4.78, 5) is 24.8. The van der Waals surface area contributed by atoms with Crippen LogP contribution in [0, 0.1) is 0 Å². The highest BCUT2D eigenvalue weighted by Crippen LogP contribution is 2.15. The quantitative estimate of drug-likeness (QED) is 0.435. The van der Waals surface area contributed by atoms with Gasteiger partial charge >= 0.3 is 0 Å². The lowest BCUT2D eigenvalue weighted by atomic mass is 10.1. The number of carbonyl (C=O) groups is 2. The first-order valence-corrected chi connectivity index (χ1v) is 9.75. The molecule has 7 heteroatoms. The van der Waals surface area contributed by atoms with Gasteiger partial charge in [0.1, 0.15) is 0 Å². The number of benzene rings is 2. The number of anilines is 1. The van der Waals surface area contributed by atoms with Crippen molar-refractivity contribution in [3.05, 3.63) is 86.5 Å². The Hall–Kier alpha value is -2.77. The summed E-state index contributed by atoms with van der Waals surface area (Å²) in [6, 6.07) is 17.9. The number of halogens is 1. The Bertz CT molecular complexity index is 965. The van der Waals surface area contributed by atoms with Crippen molar-refractivity contribution in [2.75, 3.05) is 5.32 Å². The van der Waals surface area contributed by atoms with Crippen molar-refractivity contribution in [1.82, 2.24) is 5.43 Å². The second-order valence-corrected chi connectivity index (χ2v) is 7.52. The molecule has 2 amide bonds. The topological polar surface area (TPSA) is 70.6 Å². The largest absolute Gasteiger partial charge is 0.321 e. The predicted octanol–water partition coefficient (Wildman–Crippen LogP) is 4.92. The number of nitrogens with zero attached hydrogens (tertiary/aromatic N) is 1. The van der Waals surface area contributed by atoms with Crippen LogP contribution < -0.4 is 10.7 Å². The van der Waals surface area contributed by atoms with Gasteiger partial charge in [0.15, 0.2) is 0 Å². The molecule has 0 unspecified atom stereocenters. The van der Waals surface area contributed by atoms with E-state index in [-0.39, 0.29) is 11.8 Å². The van der Waals surface area contributed by atoms with E-state index in [1.165, 1.54) is 11.3 Å². The average molecular weight is 442 g/mol. The smallest absolute Gasteiger partial charge is 0.271 e. The Kier molecular flexibility index (Phi) is 6.16. The summed E-state index contributed by atoms with van der Waals surface area (Å²) in [6.45, 7) is 1.81. The van der Waals surface area contributed by atoms with Gasteiger partial charge in [-0.15, -0.1) is 11.3 Å². The molecule has 5 nitrogen and oxygen atoms in total. The highest BCUT2D eigenvalue weighted by Gasteiger charge is 2.08. The van der Waals surface area contributed by atoms with Crippen molar-refractivity contribution >= 4 is 50.5 Å². The number of thiophene rings is 1. The van der Waals surface area contributed by atoms with Crippen molar-refractivity contribution in [2.24, 2.45) is 5.10 Å². The van der Waals surface area contributed by atoms with E-state index in [2.05, 4.69) is 31.8 Å². The van der Waals surface area contributed by atoms with E-state index < -0.39 is 0 Å². The summed E-state index contributed by atoms with van der Waals surface area (Å²) >= 11 is 4.73. The molecule has 1 heterocycles. The van der Waals surface area contributed by atoms with E-state index in [4.69, 9.17) is 0 Å². The van der Waals surface area contributed by atoms with E-state index in [0.29, 0.717) is 21.8 Å². The summed E-state index contributed by atoms with van der Waals surface area (Å²) in [5.41, 5.74) is 5.29. The Labute approximate surface area is 169 Å². The Morgan fingerprint density at radius 1 is 0.926 bits per heavy atom. The molecular formula is C20H16BrN3O2S. The van der Waals surface area contributed by atoms with Gasteiger partial charge < -0.3 is 5.32 Å². The molecule has 3 aromatic rings. The van der Waals surface area contributed by atoms with Gasteiger partial charge in [0.05, 0.1) is 10.6 Å². The van der Waals surface area contributed by atoms with Gasteiger partial charge in [0, 0.05) is 15.7 Å². The van der Waals surface area contributed by atoms with Crippen molar-refractivity contribution in [3.8, 4) is 0 Å². The zero-order valence-corrected chi connectivity index (χ0v) is 16.8. The maximum atomic E-state index is 12.1. The molecule has 0 bridgehead atoms. The molecule has 0 saturated heterocycles. The second-order valence-electron chi connectivity index (χ2n) is 5.65. The number of hydrazone groups is 1. The highest BCUT2D eigenvalue weighted by molar-refractivity contribution is 9.10. The number of nitrogens with one attached hydrogen (secondary N) is 2. The van der Waals surface area contributed by atoms with Gasteiger partial charge in [-0.05, 0) is 60.3 Å². The van der Waals surface area contributed by atoms with Gasteiger partial charge in [0.25, 0.3) is 11.8 Å². The number of hydrogen-bond acceptors (Lipinski definition) is 4. The Balaban J connectivity index is 1.62. The normalized spacial score (nSPS) is 11.1. The van der Waals surface area contributed by atoms with E-state index in [9.17, 15) is 9.59 Å². The third-order valence-corrected chi connectivity index (χ3v) is 5.13. The minimum Gasteiger partial charge on any atom is -0.321 e. The van der Waals surface area contributed by atoms with Crippen molar-refractivity contribution in [3.63, 3.8) is 0 Å². The van der Waals surface area contributed by atoms with Crippen LogP contribution in [0.2, 0.25) is 0 Å². The molecule has 136 valence electrons. The minimum atomic E-state index is -0.276. The lowest BCUT2D eigenvalue weighted by Crippen LogP contribution is -2.19. The lowest BCUT2D eigenvalue weighted by molar-refractivity contribution is 0.0954. The van der Waals surface area contributed by atoms with E-state index >= 15 is 0 Å². The van der Waals surface area contributed by atoms with Crippen LogP contribution in [0.15, 0.2) is 75.6 Å². The molecule has 0 saturated carbocycles. The molecule has 0 radical (unpaired) electrons. The van der Waals surface area contributed by atoms with Gasteiger partial charge in [0.2, 0.25) is 0 Å². The first kappa shape index (κ1) is 19.0. The second kappa shape index (κ2) is 8.75. The van der Waals surface area contributed by atoms with Crippen LogP contribution in [0.5, 0.6) is 0 Å². The van der Waals surface area contributed by atoms with E-state index in [1.54, 1.807) is 49.4 Å². The summed E-state index contributed by atoms with van der Waals surface area (Å²) in [7, 11) is 0. The Morgan fingerprint density at radius 3 is 2.22 bits per heavy atom. The van der Waals surface area contributed by atoms with Crippen LogP contribution in [0.4, 0.5) is 5.69 Å². The fraction of sp³-hybridized carbons (Fsp3) is 0.0500. The molecule has 0 atom stereocenters. The van der Waals surface area contributed by atoms with Crippen LogP contribution >= 0.6 is 27.3 Å². The fourth-order valence-electron chi connectivity index (χ4n) is 2.26. The van der Waals surface area contributed by atoms with Gasteiger partial charge in [-0.2, -0.15) is 5.10 Å². The number of hydrogen-bond donors (Lipinski definition) is 2. The Morgan fingerprint density at radius 2 is 1.59 bits per heavy atom. The van der Waals surface area contributed by atoms with Crippen molar-refractivity contribution in [1.29, 1.82) is 0 Å². The number of rotatable bonds is 5. The summed E-state index contributed by atoms with van der Waals surface area (Å²) in [6.07, 6.45) is 0. The van der Waals surface area contributed by atoms with Crippen molar-refractivity contribution in [2.45, 2.75) is 6.92 Å². The summed E-state index contributed by atoms with van der Waals surface area (Å²) < 4.78 is 0.907. The van der Waals surface area contributed by atoms with E-state index in [1.807, 2.05) is 23.6 Å². The monoisotopic (exact) mass is 441 g/mol. The molecule has 0 aliphatic carbocycles. The SMILES string of the molecule is C/C(=N\NC(=O)c1ccc(Br)cc1)c1ccc(NC(=O)c2cccs2)cc1. The molecule has 0 aliphatic rings. The van der Waals surface area contributed by atoms with Crippen LogP contribution in [-0.4, -0.2) is 17.5 Å². The van der Waals surface area contributed by atoms with Gasteiger partial charge in [-0.1, -0.05) is 34.1 Å². The standard InChI is InChI=1S/C20H16BrN3O2S/c1-13(23-24-19(25)15-4-8-16(21)9-5-15)14-6-10-17(11-7-14)22-20(26)18-3-2-12-27-18/h2-12H,1H3,(H,22,26)(H,24,25)/b23-13+. The number of carbonyl (C=O) groups excluding carboxylic acids is 2. The van der Waals surface area contributed by atoms with Crippen LogP contribution in [0.1, 0.15) is 32.5 Å². The maximum absolute atomic E-state index is 12.1. The lowest BCUT2D eigenvalue weighted by Gasteiger charge is -2.06. The maximum Gasteiger partial charge on any atom is 0.271 e. The molecule has 0 aliphatic heterocycles. The van der Waals surface area contributed by atoms with Crippen LogP contribution in [-0.2, 0) is 0 Å². The zero-order valence-electron chi connectivity index (χ0n) is 14.4. The summed E-state index contributed by atoms with van der Waals surface area (Å²) in [5, 5.41) is 8.85. The predicted molar refractivity (Wildman–Crippen MR) is 113 cm³/mol. The molecule has 2 N–H and O–H groups in total. The van der Waals surface area contributed by atoms with E-state index in [0.717, 1.165) is 10.0 Å². The van der Waals surface area contributed by atoms with Crippen LogP contribution in [0.25, 0.3) is 0 Å². The molecule has 1 aromatic heterocycles. The molecule has 3 rings (SSSR count). The third-order valence-electron chi connectivity index (χ3n) is 3.74. The fourth-order valence-corrected chi connectivity index (χ4v) is 3.14. The summed E-state index contributed by atoms with van der Waals surface area (Å²) in [5.74, 6) is -0.411. The molecule has 27 heavy (non-hydrogen) atoms. The zero-order chi connectivity index (χ0) is 19.2.